The molecule has 0 saturated carbocycles. The van der Waals surface area contributed by atoms with Crippen molar-refractivity contribution in [3.8, 4) is 11.3 Å². The number of carbonyl (C=O) groups is 1. The van der Waals surface area contributed by atoms with Crippen molar-refractivity contribution >= 4 is 46.2 Å². The number of anilines is 2. The van der Waals surface area contributed by atoms with Gasteiger partial charge in [0.2, 0.25) is 0 Å². The molecule has 0 spiro atoms. The number of thiocarbonyl (C=S) groups is 1. The standard InChI is InChI=1S/C22H20ClN3O3S/c23-16-3-1-15(2-4-16)19-9-10-20(29-19)21(27)25-22(30)24-17-5-7-18(8-6-17)26-11-13-28-14-12-26/h1-10H,11-14H2,(H2,24,25,27,30). The smallest absolute Gasteiger partial charge is 0.293 e. The molecule has 0 unspecified atom stereocenters. The average Bonchev–Trinajstić information content (AvgIpc) is 3.26. The highest BCUT2D eigenvalue weighted by Gasteiger charge is 2.14. The Morgan fingerprint density at radius 1 is 0.967 bits per heavy atom. The third kappa shape index (κ3) is 4.99. The predicted octanol–water partition coefficient (Wildman–Crippen LogP) is 4.56. The molecule has 154 valence electrons. The quantitative estimate of drug-likeness (QED) is 0.578. The van der Waals surface area contributed by atoms with Crippen LogP contribution < -0.4 is 15.5 Å². The number of carbonyl (C=O) groups excluding carboxylic acids is 1. The molecule has 0 radical (unpaired) electrons. The van der Waals surface area contributed by atoms with E-state index in [9.17, 15) is 4.79 Å². The van der Waals surface area contributed by atoms with E-state index in [0.29, 0.717) is 10.8 Å². The van der Waals surface area contributed by atoms with Crippen LogP contribution in [-0.2, 0) is 4.74 Å². The van der Waals surface area contributed by atoms with E-state index >= 15 is 0 Å². The number of rotatable bonds is 4. The van der Waals surface area contributed by atoms with Crippen LogP contribution in [0.15, 0.2) is 65.1 Å². The number of furan rings is 1. The molecule has 1 aliphatic rings. The maximum Gasteiger partial charge on any atom is 0.293 e. The highest BCUT2D eigenvalue weighted by Crippen LogP contribution is 2.24. The number of benzene rings is 2. The lowest BCUT2D eigenvalue weighted by Crippen LogP contribution is -2.36. The fourth-order valence-electron chi connectivity index (χ4n) is 3.13. The summed E-state index contributed by atoms with van der Waals surface area (Å²) < 4.78 is 11.0. The molecule has 2 heterocycles. The Bertz CT molecular complexity index is 1030. The number of nitrogens with zero attached hydrogens (tertiary/aromatic N) is 1. The molecular formula is C22H20ClN3O3S. The van der Waals surface area contributed by atoms with Gasteiger partial charge in [-0.05, 0) is 72.9 Å². The SMILES string of the molecule is O=C(NC(=S)Nc1ccc(N2CCOCC2)cc1)c1ccc(-c2ccc(Cl)cc2)o1. The molecule has 2 N–H and O–H groups in total. The van der Waals surface area contributed by atoms with Crippen LogP contribution >= 0.6 is 23.8 Å². The Labute approximate surface area is 184 Å². The van der Waals surface area contributed by atoms with Gasteiger partial charge in [-0.15, -0.1) is 0 Å². The molecule has 1 fully saturated rings. The highest BCUT2D eigenvalue weighted by atomic mass is 35.5. The average molecular weight is 442 g/mol. The summed E-state index contributed by atoms with van der Waals surface area (Å²) in [6.45, 7) is 3.23. The lowest BCUT2D eigenvalue weighted by atomic mass is 10.2. The molecule has 0 atom stereocenters. The molecule has 0 bridgehead atoms. The third-order valence-electron chi connectivity index (χ3n) is 4.69. The van der Waals surface area contributed by atoms with Gasteiger partial charge in [-0.1, -0.05) is 11.6 Å². The van der Waals surface area contributed by atoms with Crippen LogP contribution in [0.4, 0.5) is 11.4 Å². The van der Waals surface area contributed by atoms with Crippen molar-refractivity contribution in [3.05, 3.63) is 71.4 Å². The van der Waals surface area contributed by atoms with Crippen molar-refractivity contribution in [1.82, 2.24) is 5.32 Å². The van der Waals surface area contributed by atoms with Crippen LogP contribution in [0.5, 0.6) is 0 Å². The number of hydrogen-bond donors (Lipinski definition) is 2. The number of halogens is 1. The highest BCUT2D eigenvalue weighted by molar-refractivity contribution is 7.80. The summed E-state index contributed by atoms with van der Waals surface area (Å²) in [4.78, 5) is 14.7. The van der Waals surface area contributed by atoms with E-state index in [1.54, 1.807) is 24.3 Å². The van der Waals surface area contributed by atoms with Crippen molar-refractivity contribution in [2.45, 2.75) is 0 Å². The molecule has 1 aromatic heterocycles. The second-order valence-electron chi connectivity index (χ2n) is 6.73. The maximum atomic E-state index is 12.4. The minimum Gasteiger partial charge on any atom is -0.451 e. The van der Waals surface area contributed by atoms with Gasteiger partial charge in [0.25, 0.3) is 5.91 Å². The number of nitrogens with one attached hydrogen (secondary N) is 2. The first kappa shape index (κ1) is 20.4. The summed E-state index contributed by atoms with van der Waals surface area (Å²) in [5.41, 5.74) is 2.75. The van der Waals surface area contributed by atoms with E-state index in [1.165, 1.54) is 0 Å². The normalized spacial score (nSPS) is 13.7. The molecule has 6 nitrogen and oxygen atoms in total. The monoisotopic (exact) mass is 441 g/mol. The number of ether oxygens (including phenoxy) is 1. The zero-order valence-electron chi connectivity index (χ0n) is 16.1. The lowest BCUT2D eigenvalue weighted by Gasteiger charge is -2.28. The fourth-order valence-corrected chi connectivity index (χ4v) is 3.47. The van der Waals surface area contributed by atoms with Crippen molar-refractivity contribution < 1.29 is 13.9 Å². The summed E-state index contributed by atoms with van der Waals surface area (Å²) >= 11 is 11.2. The zero-order valence-corrected chi connectivity index (χ0v) is 17.6. The van der Waals surface area contributed by atoms with Crippen LogP contribution in [0.25, 0.3) is 11.3 Å². The van der Waals surface area contributed by atoms with E-state index in [1.807, 2.05) is 36.4 Å². The van der Waals surface area contributed by atoms with E-state index < -0.39 is 5.91 Å². The van der Waals surface area contributed by atoms with Gasteiger partial charge in [-0.2, -0.15) is 0 Å². The van der Waals surface area contributed by atoms with Gasteiger partial charge < -0.3 is 19.4 Å². The van der Waals surface area contributed by atoms with Crippen molar-refractivity contribution in [1.29, 1.82) is 0 Å². The first-order chi connectivity index (χ1) is 14.6. The Morgan fingerprint density at radius 3 is 2.37 bits per heavy atom. The molecule has 0 aliphatic carbocycles. The second-order valence-corrected chi connectivity index (χ2v) is 7.57. The summed E-state index contributed by atoms with van der Waals surface area (Å²) in [6.07, 6.45) is 0. The number of morpholine rings is 1. The van der Waals surface area contributed by atoms with Crippen LogP contribution in [0.2, 0.25) is 5.02 Å². The number of hydrogen-bond acceptors (Lipinski definition) is 5. The van der Waals surface area contributed by atoms with Crippen molar-refractivity contribution in [3.63, 3.8) is 0 Å². The second kappa shape index (κ2) is 9.30. The summed E-state index contributed by atoms with van der Waals surface area (Å²) in [6, 6.07) is 18.4. The minimum absolute atomic E-state index is 0.173. The molecule has 4 rings (SSSR count). The van der Waals surface area contributed by atoms with Crippen LogP contribution in [0, 0.1) is 0 Å². The van der Waals surface area contributed by atoms with Gasteiger partial charge in [-0.3, -0.25) is 10.1 Å². The van der Waals surface area contributed by atoms with Crippen molar-refractivity contribution in [2.75, 3.05) is 36.5 Å². The number of amides is 1. The molecule has 1 aliphatic heterocycles. The van der Waals surface area contributed by atoms with Gasteiger partial charge in [0.05, 0.1) is 13.2 Å². The molecule has 2 aromatic carbocycles. The molecule has 1 saturated heterocycles. The van der Waals surface area contributed by atoms with Gasteiger partial charge >= 0.3 is 0 Å². The minimum atomic E-state index is -0.419. The van der Waals surface area contributed by atoms with E-state index in [0.717, 1.165) is 43.2 Å². The summed E-state index contributed by atoms with van der Waals surface area (Å²) in [5.74, 6) is 0.332. The van der Waals surface area contributed by atoms with E-state index in [2.05, 4.69) is 15.5 Å². The first-order valence-corrected chi connectivity index (χ1v) is 10.3. The molecular weight excluding hydrogens is 422 g/mol. The summed E-state index contributed by atoms with van der Waals surface area (Å²) in [5, 5.41) is 6.49. The van der Waals surface area contributed by atoms with Crippen molar-refractivity contribution in [2.24, 2.45) is 0 Å². The maximum absolute atomic E-state index is 12.4. The molecule has 8 heteroatoms. The topological polar surface area (TPSA) is 66.7 Å². The van der Waals surface area contributed by atoms with Gasteiger partial charge in [-0.25, -0.2) is 0 Å². The fraction of sp³-hybridized carbons (Fsp3) is 0.182. The Kier molecular flexibility index (Phi) is 6.32. The molecule has 30 heavy (non-hydrogen) atoms. The lowest BCUT2D eigenvalue weighted by molar-refractivity contribution is 0.0951. The molecule has 3 aromatic rings. The zero-order chi connectivity index (χ0) is 20.9. The first-order valence-electron chi connectivity index (χ1n) is 9.49. The Morgan fingerprint density at radius 2 is 1.67 bits per heavy atom. The molecule has 1 amide bonds. The largest absolute Gasteiger partial charge is 0.451 e. The van der Waals surface area contributed by atoms with E-state index in [4.69, 9.17) is 33.0 Å². The van der Waals surface area contributed by atoms with Gasteiger partial charge in [0, 0.05) is 35.1 Å². The van der Waals surface area contributed by atoms with Crippen LogP contribution in [0.1, 0.15) is 10.6 Å². The van der Waals surface area contributed by atoms with Gasteiger partial charge in [0.1, 0.15) is 5.76 Å². The third-order valence-corrected chi connectivity index (χ3v) is 5.14. The van der Waals surface area contributed by atoms with E-state index in [-0.39, 0.29) is 10.9 Å². The van der Waals surface area contributed by atoms with Crippen LogP contribution in [-0.4, -0.2) is 37.3 Å². The Balaban J connectivity index is 1.33. The van der Waals surface area contributed by atoms with Gasteiger partial charge in [0.15, 0.2) is 10.9 Å². The predicted molar refractivity (Wildman–Crippen MR) is 122 cm³/mol. The Hall–Kier alpha value is -2.87. The summed E-state index contributed by atoms with van der Waals surface area (Å²) in [7, 11) is 0. The van der Waals surface area contributed by atoms with Crippen LogP contribution in [0.3, 0.4) is 0 Å².